The Balaban J connectivity index is 1.92. The molecule has 1 N–H and O–H groups in total. The highest BCUT2D eigenvalue weighted by Crippen LogP contribution is 2.28. The topological polar surface area (TPSA) is 29.9 Å². The molecule has 1 fully saturated rings. The molecular weight excluding hydrogens is 246 g/mol. The van der Waals surface area contributed by atoms with Crippen molar-refractivity contribution >= 4 is 0 Å². The summed E-state index contributed by atoms with van der Waals surface area (Å²) in [7, 11) is 0. The molecule has 3 nitrogen and oxygen atoms in total. The van der Waals surface area contributed by atoms with Crippen molar-refractivity contribution < 1.29 is 0 Å². The summed E-state index contributed by atoms with van der Waals surface area (Å²) in [5.41, 5.74) is 1.28. The third-order valence-electron chi connectivity index (χ3n) is 4.77. The van der Waals surface area contributed by atoms with E-state index in [0.29, 0.717) is 12.1 Å². The summed E-state index contributed by atoms with van der Waals surface area (Å²) in [4.78, 5) is 0. The Morgan fingerprint density at radius 1 is 1.30 bits per heavy atom. The van der Waals surface area contributed by atoms with Crippen molar-refractivity contribution in [2.24, 2.45) is 5.92 Å². The molecular formula is C17H31N3. The van der Waals surface area contributed by atoms with Crippen LogP contribution in [-0.2, 0) is 6.42 Å². The predicted octanol–water partition coefficient (Wildman–Crippen LogP) is 3.96. The molecule has 0 saturated heterocycles. The number of hydrogen-bond donors (Lipinski definition) is 1. The van der Waals surface area contributed by atoms with Crippen molar-refractivity contribution in [3.8, 4) is 0 Å². The van der Waals surface area contributed by atoms with Gasteiger partial charge in [0, 0.05) is 12.2 Å². The van der Waals surface area contributed by atoms with Crippen molar-refractivity contribution in [2.45, 2.75) is 77.8 Å². The lowest BCUT2D eigenvalue weighted by molar-refractivity contribution is 0.388. The predicted molar refractivity (Wildman–Crippen MR) is 85.0 cm³/mol. The second-order valence-electron chi connectivity index (χ2n) is 6.21. The minimum absolute atomic E-state index is 0.571. The molecule has 1 aliphatic carbocycles. The second-order valence-corrected chi connectivity index (χ2v) is 6.21. The first-order valence-corrected chi connectivity index (χ1v) is 8.55. The van der Waals surface area contributed by atoms with E-state index in [2.05, 4.69) is 43.0 Å². The van der Waals surface area contributed by atoms with Gasteiger partial charge in [0.25, 0.3) is 0 Å². The average molecular weight is 277 g/mol. The highest BCUT2D eigenvalue weighted by atomic mass is 15.3. The molecule has 2 unspecified atom stereocenters. The van der Waals surface area contributed by atoms with Crippen molar-refractivity contribution in [3.63, 3.8) is 0 Å². The van der Waals surface area contributed by atoms with E-state index in [1.54, 1.807) is 0 Å². The molecule has 1 saturated carbocycles. The van der Waals surface area contributed by atoms with Crippen LogP contribution in [0.3, 0.4) is 0 Å². The Morgan fingerprint density at radius 2 is 2.10 bits per heavy atom. The summed E-state index contributed by atoms with van der Waals surface area (Å²) in [6, 6.07) is 3.52. The number of nitrogens with zero attached hydrogens (tertiary/aromatic N) is 2. The molecule has 2 atom stereocenters. The number of hydrogen-bond acceptors (Lipinski definition) is 2. The first kappa shape index (κ1) is 15.6. The number of aromatic nitrogens is 2. The molecule has 0 aromatic carbocycles. The minimum Gasteiger partial charge on any atom is -0.314 e. The smallest absolute Gasteiger partial charge is 0.0628 e. The van der Waals surface area contributed by atoms with Crippen LogP contribution < -0.4 is 5.32 Å². The van der Waals surface area contributed by atoms with Crippen LogP contribution in [0.1, 0.15) is 71.0 Å². The van der Waals surface area contributed by atoms with Crippen LogP contribution in [0.25, 0.3) is 0 Å². The third kappa shape index (κ3) is 3.85. The zero-order chi connectivity index (χ0) is 14.4. The summed E-state index contributed by atoms with van der Waals surface area (Å²) in [6.45, 7) is 7.89. The molecule has 0 amide bonds. The minimum atomic E-state index is 0.571. The molecule has 1 aromatic heterocycles. The van der Waals surface area contributed by atoms with Gasteiger partial charge in [-0.15, -0.1) is 0 Å². The fourth-order valence-electron chi connectivity index (χ4n) is 3.50. The van der Waals surface area contributed by atoms with E-state index in [1.807, 2.05) is 0 Å². The van der Waals surface area contributed by atoms with Gasteiger partial charge in [-0.3, -0.25) is 4.68 Å². The number of rotatable bonds is 8. The molecule has 1 aliphatic rings. The molecule has 2 rings (SSSR count). The van der Waals surface area contributed by atoms with Gasteiger partial charge in [0.1, 0.15) is 0 Å². The maximum absolute atomic E-state index is 4.82. The Hall–Kier alpha value is -0.830. The summed E-state index contributed by atoms with van der Waals surface area (Å²) >= 11 is 0. The van der Waals surface area contributed by atoms with Crippen LogP contribution in [0.2, 0.25) is 0 Å². The van der Waals surface area contributed by atoms with Gasteiger partial charge in [0.05, 0.1) is 11.7 Å². The van der Waals surface area contributed by atoms with Crippen LogP contribution in [-0.4, -0.2) is 22.4 Å². The van der Waals surface area contributed by atoms with Crippen LogP contribution in [0.5, 0.6) is 0 Å². The van der Waals surface area contributed by atoms with Gasteiger partial charge in [-0.2, -0.15) is 5.10 Å². The lowest BCUT2D eigenvalue weighted by Gasteiger charge is -2.20. The van der Waals surface area contributed by atoms with E-state index in [4.69, 9.17) is 5.10 Å². The lowest BCUT2D eigenvalue weighted by atomic mass is 9.97. The van der Waals surface area contributed by atoms with Crippen molar-refractivity contribution in [2.75, 3.05) is 6.54 Å². The van der Waals surface area contributed by atoms with Crippen LogP contribution in [0, 0.1) is 5.92 Å². The zero-order valence-corrected chi connectivity index (χ0v) is 13.4. The van der Waals surface area contributed by atoms with E-state index in [1.165, 1.54) is 44.2 Å². The Labute approximate surface area is 124 Å². The highest BCUT2D eigenvalue weighted by molar-refractivity contribution is 5.03. The van der Waals surface area contributed by atoms with Gasteiger partial charge >= 0.3 is 0 Å². The molecule has 1 heterocycles. The van der Waals surface area contributed by atoms with Crippen LogP contribution in [0.15, 0.2) is 12.3 Å². The monoisotopic (exact) mass is 277 g/mol. The van der Waals surface area contributed by atoms with Crippen molar-refractivity contribution in [3.05, 3.63) is 18.0 Å². The molecule has 0 spiro atoms. The molecule has 3 heteroatoms. The third-order valence-corrected chi connectivity index (χ3v) is 4.77. The quantitative estimate of drug-likeness (QED) is 0.779. The van der Waals surface area contributed by atoms with E-state index in [-0.39, 0.29) is 0 Å². The van der Waals surface area contributed by atoms with Gasteiger partial charge in [-0.25, -0.2) is 0 Å². The maximum Gasteiger partial charge on any atom is 0.0628 e. The molecule has 0 radical (unpaired) electrons. The second kappa shape index (κ2) is 7.82. The van der Waals surface area contributed by atoms with Gasteiger partial charge in [-0.05, 0) is 57.1 Å². The lowest BCUT2D eigenvalue weighted by Crippen LogP contribution is -2.33. The fourth-order valence-corrected chi connectivity index (χ4v) is 3.50. The largest absolute Gasteiger partial charge is 0.314 e. The molecule has 0 aliphatic heterocycles. The first-order chi connectivity index (χ1) is 9.78. The van der Waals surface area contributed by atoms with Gasteiger partial charge < -0.3 is 5.32 Å². The first-order valence-electron chi connectivity index (χ1n) is 8.55. The summed E-state index contributed by atoms with van der Waals surface area (Å²) < 4.78 is 2.18. The fraction of sp³-hybridized carbons (Fsp3) is 0.824. The summed E-state index contributed by atoms with van der Waals surface area (Å²) in [5, 5.41) is 8.54. The summed E-state index contributed by atoms with van der Waals surface area (Å²) in [6.07, 6.45) is 11.0. The Kier molecular flexibility index (Phi) is 6.08. The van der Waals surface area contributed by atoms with Gasteiger partial charge in [-0.1, -0.05) is 27.2 Å². The zero-order valence-electron chi connectivity index (χ0n) is 13.4. The highest BCUT2D eigenvalue weighted by Gasteiger charge is 2.27. The standard InChI is InChI=1S/C17H31N3/c1-4-11-18-17-9-7-8-14(17)13-15-10-12-20(19-15)16(5-2)6-3/h10,12,14,16-18H,4-9,11,13H2,1-3H3. The van der Waals surface area contributed by atoms with E-state index in [0.717, 1.165) is 18.9 Å². The number of nitrogens with one attached hydrogen (secondary N) is 1. The Bertz CT molecular complexity index is 381. The van der Waals surface area contributed by atoms with Crippen LogP contribution in [0.4, 0.5) is 0 Å². The van der Waals surface area contributed by atoms with Crippen molar-refractivity contribution in [1.29, 1.82) is 0 Å². The summed E-state index contributed by atoms with van der Waals surface area (Å²) in [5.74, 6) is 0.784. The van der Waals surface area contributed by atoms with E-state index in [9.17, 15) is 0 Å². The van der Waals surface area contributed by atoms with Crippen LogP contribution >= 0.6 is 0 Å². The Morgan fingerprint density at radius 3 is 2.80 bits per heavy atom. The molecule has 1 aromatic rings. The van der Waals surface area contributed by atoms with E-state index >= 15 is 0 Å². The maximum atomic E-state index is 4.82. The van der Waals surface area contributed by atoms with Gasteiger partial charge in [0.15, 0.2) is 0 Å². The molecule has 0 bridgehead atoms. The molecule has 114 valence electrons. The van der Waals surface area contributed by atoms with Gasteiger partial charge in [0.2, 0.25) is 0 Å². The van der Waals surface area contributed by atoms with E-state index < -0.39 is 0 Å². The normalized spacial score (nSPS) is 22.8. The SMILES string of the molecule is CCCNC1CCCC1Cc1ccn(C(CC)CC)n1. The average Bonchev–Trinajstić information content (AvgIpc) is 3.08. The molecule has 20 heavy (non-hydrogen) atoms. The van der Waals surface area contributed by atoms with Crippen molar-refractivity contribution in [1.82, 2.24) is 15.1 Å².